The Morgan fingerprint density at radius 3 is 2.68 bits per heavy atom. The van der Waals surface area contributed by atoms with Crippen molar-refractivity contribution in [1.82, 2.24) is 25.1 Å². The lowest BCUT2D eigenvalue weighted by Crippen LogP contribution is -2.12. The highest BCUT2D eigenvalue weighted by molar-refractivity contribution is 5.65. The lowest BCUT2D eigenvalue weighted by atomic mass is 10.1. The van der Waals surface area contributed by atoms with Gasteiger partial charge in [0.15, 0.2) is 5.82 Å². The summed E-state index contributed by atoms with van der Waals surface area (Å²) in [5.74, 6) is 0.459. The van der Waals surface area contributed by atoms with Crippen LogP contribution in [0.3, 0.4) is 0 Å². The third-order valence-electron chi connectivity index (χ3n) is 4.54. The van der Waals surface area contributed by atoms with Crippen molar-refractivity contribution in [3.63, 3.8) is 0 Å². The van der Waals surface area contributed by atoms with Gasteiger partial charge in [-0.15, -0.1) is 0 Å². The number of halogens is 2. The smallest absolute Gasteiger partial charge is 0.233 e. The van der Waals surface area contributed by atoms with Gasteiger partial charge in [-0.2, -0.15) is 10.1 Å². The Labute approximate surface area is 176 Å². The minimum absolute atomic E-state index is 0.234. The molecule has 2 aromatic heterocycles. The molecule has 3 N–H and O–H groups in total. The second-order valence-corrected chi connectivity index (χ2v) is 6.69. The van der Waals surface area contributed by atoms with Crippen molar-refractivity contribution in [3.05, 3.63) is 72.1 Å². The van der Waals surface area contributed by atoms with Gasteiger partial charge in [0.2, 0.25) is 11.9 Å². The van der Waals surface area contributed by atoms with Crippen LogP contribution in [0.1, 0.15) is 18.5 Å². The highest BCUT2D eigenvalue weighted by Crippen LogP contribution is 2.25. The summed E-state index contributed by atoms with van der Waals surface area (Å²) in [5.41, 5.74) is 1.99. The molecule has 0 aliphatic rings. The summed E-state index contributed by atoms with van der Waals surface area (Å²) < 4.78 is 32.4. The van der Waals surface area contributed by atoms with Crippen molar-refractivity contribution in [3.8, 4) is 17.0 Å². The summed E-state index contributed by atoms with van der Waals surface area (Å²) in [7, 11) is 1.61. The first-order chi connectivity index (χ1) is 15.0. The largest absolute Gasteiger partial charge is 0.497 e. The van der Waals surface area contributed by atoms with Gasteiger partial charge in [-0.3, -0.25) is 5.10 Å². The Kier molecular flexibility index (Phi) is 5.69. The van der Waals surface area contributed by atoms with E-state index in [4.69, 9.17) is 4.74 Å². The van der Waals surface area contributed by atoms with Crippen LogP contribution in [-0.4, -0.2) is 32.3 Å². The molecule has 0 saturated heterocycles. The van der Waals surface area contributed by atoms with Gasteiger partial charge in [-0.05, 0) is 25.1 Å². The fraction of sp³-hybridized carbons (Fsp3) is 0.143. The highest BCUT2D eigenvalue weighted by atomic mass is 19.1. The summed E-state index contributed by atoms with van der Waals surface area (Å²) in [6.45, 7) is 1.72. The number of rotatable bonds is 7. The average Bonchev–Trinajstić information content (AvgIpc) is 3.22. The maximum atomic E-state index is 14.0. The summed E-state index contributed by atoms with van der Waals surface area (Å²) >= 11 is 0. The van der Waals surface area contributed by atoms with Gasteiger partial charge >= 0.3 is 0 Å². The van der Waals surface area contributed by atoms with Crippen LogP contribution in [0, 0.1) is 11.6 Å². The number of hydrogen-bond acceptors (Lipinski definition) is 7. The van der Waals surface area contributed by atoms with Gasteiger partial charge in [0.05, 0.1) is 18.8 Å². The van der Waals surface area contributed by atoms with E-state index in [1.807, 2.05) is 30.3 Å². The van der Waals surface area contributed by atoms with Gasteiger partial charge in [0.1, 0.15) is 23.7 Å². The zero-order chi connectivity index (χ0) is 21.8. The molecular weight excluding hydrogens is 404 g/mol. The van der Waals surface area contributed by atoms with Crippen LogP contribution >= 0.6 is 0 Å². The molecule has 10 heteroatoms. The number of nitrogens with one attached hydrogen (secondary N) is 3. The zero-order valence-electron chi connectivity index (χ0n) is 16.7. The fourth-order valence-corrected chi connectivity index (χ4v) is 2.99. The molecular formula is C21H19F2N7O. The lowest BCUT2D eigenvalue weighted by molar-refractivity contribution is 0.415. The normalized spacial score (nSPS) is 11.7. The third kappa shape index (κ3) is 4.74. The van der Waals surface area contributed by atoms with Gasteiger partial charge in [0, 0.05) is 23.3 Å². The molecule has 0 radical (unpaired) electrons. The van der Waals surface area contributed by atoms with Gasteiger partial charge < -0.3 is 15.4 Å². The van der Waals surface area contributed by atoms with Crippen LogP contribution in [0.15, 0.2) is 54.9 Å². The lowest BCUT2D eigenvalue weighted by Gasteiger charge is -2.15. The maximum absolute atomic E-state index is 14.0. The third-order valence-corrected chi connectivity index (χ3v) is 4.54. The molecule has 4 aromatic rings. The molecule has 2 heterocycles. The Morgan fingerprint density at radius 1 is 1.03 bits per heavy atom. The molecule has 8 nitrogen and oxygen atoms in total. The van der Waals surface area contributed by atoms with E-state index < -0.39 is 17.7 Å². The van der Waals surface area contributed by atoms with E-state index in [0.29, 0.717) is 11.4 Å². The van der Waals surface area contributed by atoms with E-state index in [-0.39, 0.29) is 11.9 Å². The number of ether oxygens (including phenoxy) is 1. The molecule has 0 saturated carbocycles. The second kappa shape index (κ2) is 8.74. The Morgan fingerprint density at radius 2 is 1.87 bits per heavy atom. The standard InChI is InChI=1S/C21H19F2N7O/c1-12(16-7-6-14(22)9-17(16)23)26-20-24-11-25-21(28-20)27-19-10-18(29-30-19)13-4-3-5-15(8-13)31-2/h3-12H,1-2H3,(H3,24,25,26,27,28,29,30). The van der Waals surface area contributed by atoms with Crippen molar-refractivity contribution in [2.75, 3.05) is 17.7 Å². The van der Waals surface area contributed by atoms with Gasteiger partial charge in [-0.25, -0.2) is 18.7 Å². The molecule has 0 aliphatic heterocycles. The number of aromatic amines is 1. The first-order valence-corrected chi connectivity index (χ1v) is 9.39. The molecule has 1 atom stereocenters. The summed E-state index contributed by atoms with van der Waals surface area (Å²) in [6.07, 6.45) is 1.32. The van der Waals surface area contributed by atoms with Crippen molar-refractivity contribution in [1.29, 1.82) is 0 Å². The number of anilines is 3. The van der Waals surface area contributed by atoms with Crippen molar-refractivity contribution in [2.24, 2.45) is 0 Å². The number of benzene rings is 2. The zero-order valence-corrected chi connectivity index (χ0v) is 16.7. The minimum atomic E-state index is -0.644. The monoisotopic (exact) mass is 423 g/mol. The van der Waals surface area contributed by atoms with Crippen molar-refractivity contribution in [2.45, 2.75) is 13.0 Å². The minimum Gasteiger partial charge on any atom is -0.497 e. The van der Waals surface area contributed by atoms with Gasteiger partial charge in [-0.1, -0.05) is 18.2 Å². The van der Waals surface area contributed by atoms with Gasteiger partial charge in [0.25, 0.3) is 0 Å². The second-order valence-electron chi connectivity index (χ2n) is 6.69. The van der Waals surface area contributed by atoms with Crippen molar-refractivity contribution < 1.29 is 13.5 Å². The van der Waals surface area contributed by atoms with E-state index >= 15 is 0 Å². The first-order valence-electron chi connectivity index (χ1n) is 9.39. The number of nitrogens with zero attached hydrogens (tertiary/aromatic N) is 4. The highest BCUT2D eigenvalue weighted by Gasteiger charge is 2.14. The van der Waals surface area contributed by atoms with Crippen LogP contribution in [0.2, 0.25) is 0 Å². The Bertz CT molecular complexity index is 1200. The molecule has 1 unspecified atom stereocenters. The SMILES string of the molecule is COc1cccc(-c2cc(Nc3ncnc(NC(C)c4ccc(F)cc4F)n3)n[nH]2)c1. The first kappa shape index (κ1) is 20.2. The fourth-order valence-electron chi connectivity index (χ4n) is 2.99. The number of aromatic nitrogens is 5. The molecule has 2 aromatic carbocycles. The predicted octanol–water partition coefficient (Wildman–Crippen LogP) is 4.47. The molecule has 158 valence electrons. The van der Waals surface area contributed by atoms with E-state index in [9.17, 15) is 8.78 Å². The molecule has 0 aliphatic carbocycles. The van der Waals surface area contributed by atoms with E-state index in [1.165, 1.54) is 18.5 Å². The topological polar surface area (TPSA) is 101 Å². The predicted molar refractivity (Wildman–Crippen MR) is 112 cm³/mol. The Balaban J connectivity index is 1.47. The molecule has 0 amide bonds. The number of H-pyrrole nitrogens is 1. The molecule has 0 fully saturated rings. The molecule has 0 bridgehead atoms. The molecule has 31 heavy (non-hydrogen) atoms. The van der Waals surface area contributed by atoms with Crippen LogP contribution < -0.4 is 15.4 Å². The summed E-state index contributed by atoms with van der Waals surface area (Å²) in [4.78, 5) is 12.4. The maximum Gasteiger partial charge on any atom is 0.233 e. The average molecular weight is 423 g/mol. The summed E-state index contributed by atoms with van der Waals surface area (Å²) in [5, 5.41) is 13.1. The molecule has 4 rings (SSSR count). The van der Waals surface area contributed by atoms with E-state index in [1.54, 1.807) is 14.0 Å². The van der Waals surface area contributed by atoms with E-state index in [0.717, 1.165) is 23.1 Å². The molecule has 0 spiro atoms. The quantitative estimate of drug-likeness (QED) is 0.403. The summed E-state index contributed by atoms with van der Waals surface area (Å²) in [6, 6.07) is 12.3. The van der Waals surface area contributed by atoms with Crippen LogP contribution in [-0.2, 0) is 0 Å². The number of hydrogen-bond donors (Lipinski definition) is 3. The van der Waals surface area contributed by atoms with Crippen LogP contribution in [0.25, 0.3) is 11.3 Å². The van der Waals surface area contributed by atoms with Crippen LogP contribution in [0.4, 0.5) is 26.5 Å². The van der Waals surface area contributed by atoms with Crippen molar-refractivity contribution >= 4 is 17.7 Å². The Hall–Kier alpha value is -4.08. The van der Waals surface area contributed by atoms with Crippen LogP contribution in [0.5, 0.6) is 5.75 Å². The number of methoxy groups -OCH3 is 1. The van der Waals surface area contributed by atoms with E-state index in [2.05, 4.69) is 35.8 Å².